The van der Waals surface area contributed by atoms with Crippen molar-refractivity contribution in [3.8, 4) is 5.69 Å². The number of rotatable bonds is 5. The Morgan fingerprint density at radius 3 is 2.52 bits per heavy atom. The van der Waals surface area contributed by atoms with Gasteiger partial charge in [0.15, 0.2) is 0 Å². The van der Waals surface area contributed by atoms with E-state index in [2.05, 4.69) is 34.7 Å². The van der Waals surface area contributed by atoms with Gasteiger partial charge >= 0.3 is 0 Å². The maximum atomic E-state index is 13.2. The molecule has 0 atom stereocenters. The minimum Gasteiger partial charge on any atom is -0.349 e. The maximum Gasteiger partial charge on any atom is 0.254 e. The molecule has 1 amide bonds. The van der Waals surface area contributed by atoms with Crippen LogP contribution in [0.4, 0.5) is 4.39 Å². The molecule has 3 aromatic rings. The monoisotopic (exact) mass is 393 g/mol. The third kappa shape index (κ3) is 4.54. The molecule has 4 rings (SSSR count). The number of piperidine rings is 1. The summed E-state index contributed by atoms with van der Waals surface area (Å²) < 4.78 is 14.8. The van der Waals surface area contributed by atoms with Gasteiger partial charge in [-0.3, -0.25) is 4.79 Å². The lowest BCUT2D eigenvalue weighted by Gasteiger charge is -2.29. The first-order valence-electron chi connectivity index (χ1n) is 10.1. The zero-order valence-corrected chi connectivity index (χ0v) is 16.6. The minimum absolute atomic E-state index is 0.0904. The third-order valence-corrected chi connectivity index (χ3v) is 5.65. The van der Waals surface area contributed by atoms with Gasteiger partial charge in [0, 0.05) is 24.4 Å². The molecule has 0 radical (unpaired) electrons. The number of nitrogens with one attached hydrogen (secondary N) is 2. The van der Waals surface area contributed by atoms with E-state index in [0.29, 0.717) is 5.56 Å². The number of halogens is 1. The predicted molar refractivity (Wildman–Crippen MR) is 110 cm³/mol. The van der Waals surface area contributed by atoms with E-state index < -0.39 is 0 Å². The number of carbonyl (C=O) groups excluding carboxylic acids is 1. The van der Waals surface area contributed by atoms with E-state index >= 15 is 0 Å². The first-order valence-corrected chi connectivity index (χ1v) is 10.1. The molecule has 2 N–H and O–H groups in total. The summed E-state index contributed by atoms with van der Waals surface area (Å²) >= 11 is 0. The number of hydrogen-bond donors (Lipinski definition) is 2. The molecule has 5 nitrogen and oxygen atoms in total. The Balaban J connectivity index is 1.34. The molecule has 1 aliphatic rings. The molecule has 0 bridgehead atoms. The van der Waals surface area contributed by atoms with Crippen molar-refractivity contribution < 1.29 is 14.1 Å². The van der Waals surface area contributed by atoms with Gasteiger partial charge in [-0.15, -0.1) is 0 Å². The van der Waals surface area contributed by atoms with Crippen LogP contribution in [0.5, 0.6) is 0 Å². The van der Waals surface area contributed by atoms with Crippen LogP contribution in [0.3, 0.4) is 0 Å². The summed E-state index contributed by atoms with van der Waals surface area (Å²) in [6.07, 6.45) is 3.53. The lowest BCUT2D eigenvalue weighted by atomic mass is 10.0. The minimum atomic E-state index is -0.294. The van der Waals surface area contributed by atoms with Crippen LogP contribution in [0.15, 0.2) is 60.8 Å². The Labute approximate surface area is 170 Å². The summed E-state index contributed by atoms with van der Waals surface area (Å²) in [5, 5.41) is 7.49. The molecule has 1 saturated heterocycles. The molecule has 0 aliphatic carbocycles. The average Bonchev–Trinajstić information content (AvgIpc) is 3.12. The number of carbonyl (C=O) groups is 1. The van der Waals surface area contributed by atoms with Crippen molar-refractivity contribution in [3.63, 3.8) is 0 Å². The Bertz CT molecular complexity index is 960. The highest BCUT2D eigenvalue weighted by Crippen LogP contribution is 2.15. The average molecular weight is 393 g/mol. The van der Waals surface area contributed by atoms with E-state index in [4.69, 9.17) is 0 Å². The molecule has 1 aromatic heterocycles. The Kier molecular flexibility index (Phi) is 5.71. The summed E-state index contributed by atoms with van der Waals surface area (Å²) in [5.41, 5.74) is 3.41. The van der Waals surface area contributed by atoms with Gasteiger partial charge in [0.1, 0.15) is 12.4 Å². The van der Waals surface area contributed by atoms with Gasteiger partial charge in [-0.25, -0.2) is 9.07 Å². The molecule has 29 heavy (non-hydrogen) atoms. The van der Waals surface area contributed by atoms with Crippen LogP contribution in [0.25, 0.3) is 5.69 Å². The van der Waals surface area contributed by atoms with Gasteiger partial charge in [0.05, 0.1) is 36.2 Å². The summed E-state index contributed by atoms with van der Waals surface area (Å²) in [7, 11) is 0. The molecule has 6 heteroatoms. The van der Waals surface area contributed by atoms with Gasteiger partial charge in [-0.1, -0.05) is 30.3 Å². The Morgan fingerprint density at radius 2 is 1.83 bits per heavy atom. The van der Waals surface area contributed by atoms with Crippen LogP contribution < -0.4 is 10.2 Å². The second kappa shape index (κ2) is 8.57. The SMILES string of the molecule is Cc1c(C(=O)NC2CC[NH+](Cc3ccccc3)CC2)cnn1-c1ccc(F)cc1. The van der Waals surface area contributed by atoms with Crippen LogP contribution in [0.1, 0.15) is 34.5 Å². The van der Waals surface area contributed by atoms with Crippen molar-refractivity contribution in [2.45, 2.75) is 32.4 Å². The highest BCUT2D eigenvalue weighted by atomic mass is 19.1. The van der Waals surface area contributed by atoms with Gasteiger partial charge in [-0.2, -0.15) is 5.10 Å². The fourth-order valence-electron chi connectivity index (χ4n) is 3.97. The Morgan fingerprint density at radius 1 is 1.14 bits per heavy atom. The fraction of sp³-hybridized carbons (Fsp3) is 0.304. The molecule has 2 heterocycles. The standard InChI is InChI=1S/C23H25FN4O/c1-17-22(15-25-28(17)21-9-7-19(24)8-10-21)23(29)26-20-11-13-27(14-12-20)16-18-5-3-2-4-6-18/h2-10,15,20H,11-14,16H2,1H3,(H,26,29)/p+1. The first-order chi connectivity index (χ1) is 14.1. The van der Waals surface area contributed by atoms with E-state index in [1.807, 2.05) is 13.0 Å². The van der Waals surface area contributed by atoms with Crippen molar-refractivity contribution in [1.82, 2.24) is 15.1 Å². The van der Waals surface area contributed by atoms with Gasteiger partial charge in [0.2, 0.25) is 0 Å². The number of likely N-dealkylation sites (tertiary alicyclic amines) is 1. The lowest BCUT2D eigenvalue weighted by Crippen LogP contribution is -3.12. The van der Waals surface area contributed by atoms with Crippen molar-refractivity contribution in [2.24, 2.45) is 0 Å². The molecule has 1 fully saturated rings. The zero-order valence-electron chi connectivity index (χ0n) is 16.6. The van der Waals surface area contributed by atoms with Crippen LogP contribution in [-0.4, -0.2) is 34.8 Å². The number of quaternary nitrogens is 1. The normalized spacial score (nSPS) is 19.1. The lowest BCUT2D eigenvalue weighted by molar-refractivity contribution is -0.918. The van der Waals surface area contributed by atoms with Gasteiger partial charge in [-0.05, 0) is 31.2 Å². The van der Waals surface area contributed by atoms with Crippen LogP contribution in [0.2, 0.25) is 0 Å². The molecule has 0 saturated carbocycles. The molecular weight excluding hydrogens is 367 g/mol. The Hall–Kier alpha value is -2.99. The van der Waals surface area contributed by atoms with E-state index in [-0.39, 0.29) is 17.8 Å². The van der Waals surface area contributed by atoms with Crippen molar-refractivity contribution in [2.75, 3.05) is 13.1 Å². The molecular formula is C23H26FN4O+. The van der Waals surface area contributed by atoms with Gasteiger partial charge < -0.3 is 10.2 Å². The number of hydrogen-bond acceptors (Lipinski definition) is 2. The second-order valence-electron chi connectivity index (χ2n) is 7.69. The van der Waals surface area contributed by atoms with E-state index in [0.717, 1.165) is 43.9 Å². The van der Waals surface area contributed by atoms with E-state index in [1.54, 1.807) is 27.9 Å². The third-order valence-electron chi connectivity index (χ3n) is 5.65. The molecule has 0 spiro atoms. The second-order valence-corrected chi connectivity index (χ2v) is 7.69. The van der Waals surface area contributed by atoms with E-state index in [1.165, 1.54) is 17.7 Å². The number of benzene rings is 2. The number of aromatic nitrogens is 2. The van der Waals surface area contributed by atoms with Crippen LogP contribution in [0, 0.1) is 12.7 Å². The first kappa shape index (κ1) is 19.3. The smallest absolute Gasteiger partial charge is 0.254 e. The maximum absolute atomic E-state index is 13.2. The summed E-state index contributed by atoms with van der Waals surface area (Å²) in [5.74, 6) is -0.385. The largest absolute Gasteiger partial charge is 0.349 e. The highest BCUT2D eigenvalue weighted by molar-refractivity contribution is 5.95. The van der Waals surface area contributed by atoms with Crippen molar-refractivity contribution in [1.29, 1.82) is 0 Å². The fourth-order valence-corrected chi connectivity index (χ4v) is 3.97. The molecule has 150 valence electrons. The summed E-state index contributed by atoms with van der Waals surface area (Å²) in [6.45, 7) is 4.99. The predicted octanol–water partition coefficient (Wildman–Crippen LogP) is 2.30. The zero-order chi connectivity index (χ0) is 20.2. The molecule has 1 aliphatic heterocycles. The summed E-state index contributed by atoms with van der Waals surface area (Å²) in [4.78, 5) is 14.3. The number of amides is 1. The van der Waals surface area contributed by atoms with Gasteiger partial charge in [0.25, 0.3) is 5.91 Å². The van der Waals surface area contributed by atoms with Crippen molar-refractivity contribution >= 4 is 5.91 Å². The summed E-state index contributed by atoms with van der Waals surface area (Å²) in [6, 6.07) is 16.8. The molecule has 2 aromatic carbocycles. The van der Waals surface area contributed by atoms with Crippen LogP contribution in [-0.2, 0) is 6.54 Å². The highest BCUT2D eigenvalue weighted by Gasteiger charge is 2.25. The van der Waals surface area contributed by atoms with Crippen LogP contribution >= 0.6 is 0 Å². The van der Waals surface area contributed by atoms with E-state index in [9.17, 15) is 9.18 Å². The topological polar surface area (TPSA) is 51.4 Å². The number of nitrogens with zero attached hydrogens (tertiary/aromatic N) is 2. The quantitative estimate of drug-likeness (QED) is 0.699. The van der Waals surface area contributed by atoms with Crippen molar-refractivity contribution in [3.05, 3.63) is 83.4 Å². The molecule has 0 unspecified atom stereocenters.